The van der Waals surface area contributed by atoms with Gasteiger partial charge in [0.2, 0.25) is 0 Å². The Labute approximate surface area is 174 Å². The number of rotatable bonds is 4. The van der Waals surface area contributed by atoms with Crippen LogP contribution < -0.4 is 9.64 Å². The van der Waals surface area contributed by atoms with Crippen LogP contribution in [0.4, 0.5) is 11.4 Å². The number of likely N-dealkylation sites (tertiary alicyclic amines) is 1. The Morgan fingerprint density at radius 1 is 1.18 bits per heavy atom. The summed E-state index contributed by atoms with van der Waals surface area (Å²) in [6.07, 6.45) is 4.91. The highest BCUT2D eigenvalue weighted by atomic mass is 79.9. The quantitative estimate of drug-likeness (QED) is 0.674. The van der Waals surface area contributed by atoms with E-state index in [2.05, 4.69) is 47.8 Å². The fourth-order valence-corrected chi connectivity index (χ4v) is 4.80. The second-order valence-electron chi connectivity index (χ2n) is 7.71. The van der Waals surface area contributed by atoms with Crippen LogP contribution in [0, 0.1) is 6.57 Å². The van der Waals surface area contributed by atoms with E-state index in [9.17, 15) is 0 Å². The molecule has 7 nitrogen and oxygen atoms in total. The number of nitrogens with zero attached hydrogens (tertiary/aromatic N) is 6. The fraction of sp³-hybridized carbons (Fsp3) is 0.550. The first-order valence-corrected chi connectivity index (χ1v) is 10.5. The van der Waals surface area contributed by atoms with Gasteiger partial charge in [0, 0.05) is 43.6 Å². The van der Waals surface area contributed by atoms with Crippen molar-refractivity contribution in [3.05, 3.63) is 40.2 Å². The smallest absolute Gasteiger partial charge is 0.251 e. The van der Waals surface area contributed by atoms with Gasteiger partial charge in [-0.05, 0) is 38.4 Å². The van der Waals surface area contributed by atoms with Crippen LogP contribution in [0.1, 0.15) is 31.0 Å². The van der Waals surface area contributed by atoms with Crippen molar-refractivity contribution in [2.24, 2.45) is 7.05 Å². The zero-order valence-electron chi connectivity index (χ0n) is 16.3. The van der Waals surface area contributed by atoms with Crippen molar-refractivity contribution in [1.82, 2.24) is 19.7 Å². The maximum Gasteiger partial charge on any atom is 0.251 e. The Morgan fingerprint density at radius 3 is 2.57 bits per heavy atom. The van der Waals surface area contributed by atoms with Crippen molar-refractivity contribution in [3.63, 3.8) is 0 Å². The number of anilines is 1. The van der Waals surface area contributed by atoms with E-state index in [0.29, 0.717) is 17.4 Å². The Bertz CT molecular complexity index is 883. The lowest BCUT2D eigenvalue weighted by Gasteiger charge is -2.35. The molecule has 2 aromatic rings. The molecule has 0 amide bonds. The Kier molecular flexibility index (Phi) is 5.56. The largest absolute Gasteiger partial charge is 0.500 e. The van der Waals surface area contributed by atoms with Crippen LogP contribution in [0.25, 0.3) is 4.85 Å². The summed E-state index contributed by atoms with van der Waals surface area (Å²) < 4.78 is 9.18. The summed E-state index contributed by atoms with van der Waals surface area (Å²) in [6, 6.07) is 3.93. The first kappa shape index (κ1) is 19.2. The Balaban J connectivity index is 1.53. The highest BCUT2D eigenvalue weighted by molar-refractivity contribution is 9.10. The summed E-state index contributed by atoms with van der Waals surface area (Å²) >= 11 is 3.67. The van der Waals surface area contributed by atoms with Crippen LogP contribution in [-0.4, -0.2) is 59.0 Å². The van der Waals surface area contributed by atoms with E-state index in [-0.39, 0.29) is 6.10 Å². The van der Waals surface area contributed by atoms with E-state index >= 15 is 0 Å². The summed E-state index contributed by atoms with van der Waals surface area (Å²) in [7, 11) is 4.10. The number of ether oxygens (including phenoxy) is 1. The van der Waals surface area contributed by atoms with E-state index in [4.69, 9.17) is 11.3 Å². The number of aromatic nitrogens is 3. The van der Waals surface area contributed by atoms with Gasteiger partial charge in [0.1, 0.15) is 24.0 Å². The predicted molar refractivity (Wildman–Crippen MR) is 112 cm³/mol. The molecule has 0 saturated carbocycles. The van der Waals surface area contributed by atoms with Crippen LogP contribution in [0.2, 0.25) is 0 Å². The minimum Gasteiger partial charge on any atom is -0.500 e. The maximum atomic E-state index is 7.80. The SMILES string of the molecule is [C-]#[N+]c1c(OC2CCN(C)C2)ccc(Br)c1N1CCC(c2nncn2C)CC1. The topological polar surface area (TPSA) is 50.8 Å². The van der Waals surface area contributed by atoms with Gasteiger partial charge in [-0.15, -0.1) is 10.2 Å². The first-order valence-electron chi connectivity index (χ1n) is 9.70. The summed E-state index contributed by atoms with van der Waals surface area (Å²) in [6.45, 7) is 11.5. The average molecular weight is 445 g/mol. The molecule has 2 fully saturated rings. The molecule has 1 aromatic carbocycles. The lowest BCUT2D eigenvalue weighted by atomic mass is 9.95. The predicted octanol–water partition coefficient (Wildman–Crippen LogP) is 3.60. The van der Waals surface area contributed by atoms with E-state index in [1.807, 2.05) is 23.7 Å². The molecule has 1 unspecified atom stereocenters. The van der Waals surface area contributed by atoms with Gasteiger partial charge in [-0.3, -0.25) is 0 Å². The van der Waals surface area contributed by atoms with E-state index < -0.39 is 0 Å². The number of hydrogen-bond acceptors (Lipinski definition) is 5. The molecule has 0 spiro atoms. The van der Waals surface area contributed by atoms with E-state index in [0.717, 1.165) is 61.4 Å². The number of piperidine rings is 1. The molecule has 4 rings (SSSR count). The summed E-state index contributed by atoms with van der Waals surface area (Å²) in [4.78, 5) is 8.43. The highest BCUT2D eigenvalue weighted by Gasteiger charge is 2.29. The number of halogens is 1. The van der Waals surface area contributed by atoms with Gasteiger partial charge >= 0.3 is 0 Å². The third-order valence-electron chi connectivity index (χ3n) is 5.74. The molecule has 0 N–H and O–H groups in total. The Hall–Kier alpha value is -2.11. The molecule has 0 bridgehead atoms. The van der Waals surface area contributed by atoms with Gasteiger partial charge in [-0.25, -0.2) is 4.85 Å². The van der Waals surface area contributed by atoms with Gasteiger partial charge in [0.25, 0.3) is 5.69 Å². The van der Waals surface area contributed by atoms with E-state index in [1.54, 1.807) is 6.33 Å². The minimum atomic E-state index is 0.154. The van der Waals surface area contributed by atoms with Crippen molar-refractivity contribution in [3.8, 4) is 5.75 Å². The van der Waals surface area contributed by atoms with E-state index in [1.165, 1.54) is 0 Å². The van der Waals surface area contributed by atoms with Gasteiger partial charge in [0.15, 0.2) is 0 Å². The molecular weight excluding hydrogens is 420 g/mol. The highest BCUT2D eigenvalue weighted by Crippen LogP contribution is 2.45. The Morgan fingerprint density at radius 2 is 1.96 bits per heavy atom. The number of likely N-dealkylation sites (N-methyl/N-ethyl adjacent to an activating group) is 1. The molecule has 2 aliphatic heterocycles. The van der Waals surface area contributed by atoms with Crippen LogP contribution in [0.15, 0.2) is 22.9 Å². The molecule has 2 aliphatic rings. The molecule has 0 aliphatic carbocycles. The van der Waals surface area contributed by atoms with Crippen molar-refractivity contribution in [1.29, 1.82) is 0 Å². The summed E-state index contributed by atoms with van der Waals surface area (Å²) in [5.41, 5.74) is 1.57. The fourth-order valence-electron chi connectivity index (χ4n) is 4.23. The molecule has 1 aromatic heterocycles. The van der Waals surface area contributed by atoms with Crippen LogP contribution in [-0.2, 0) is 7.05 Å². The second kappa shape index (κ2) is 8.10. The van der Waals surface area contributed by atoms with Gasteiger partial charge in [-0.2, -0.15) is 0 Å². The second-order valence-corrected chi connectivity index (χ2v) is 8.56. The molecule has 148 valence electrons. The molecule has 8 heteroatoms. The lowest BCUT2D eigenvalue weighted by molar-refractivity contribution is 0.209. The molecule has 1 atom stereocenters. The van der Waals surface area contributed by atoms with Crippen LogP contribution in [0.3, 0.4) is 0 Å². The third kappa shape index (κ3) is 3.74. The van der Waals surface area contributed by atoms with Crippen molar-refractivity contribution < 1.29 is 4.74 Å². The summed E-state index contributed by atoms with van der Waals surface area (Å²) in [5, 5.41) is 8.29. The lowest BCUT2D eigenvalue weighted by Crippen LogP contribution is -2.34. The first-order chi connectivity index (χ1) is 13.6. The standard InChI is InChI=1S/C20H25BrN6O/c1-22-18-17(28-15-8-9-25(2)12-15)5-4-16(21)19(18)27-10-6-14(7-11-27)20-24-23-13-26(20)3/h4-5,13-15H,6-12H2,2-3H3. The van der Waals surface area contributed by atoms with Gasteiger partial charge in [-0.1, -0.05) is 15.9 Å². The molecule has 3 heterocycles. The normalized spacial score (nSPS) is 21.1. The number of benzene rings is 1. The van der Waals surface area contributed by atoms with Crippen molar-refractivity contribution in [2.75, 3.05) is 38.1 Å². The van der Waals surface area contributed by atoms with Crippen molar-refractivity contribution >= 4 is 27.3 Å². The molecule has 0 radical (unpaired) electrons. The zero-order valence-corrected chi connectivity index (χ0v) is 17.9. The minimum absolute atomic E-state index is 0.154. The third-order valence-corrected chi connectivity index (χ3v) is 6.38. The monoisotopic (exact) mass is 444 g/mol. The number of aryl methyl sites for hydroxylation is 1. The van der Waals surface area contributed by atoms with Gasteiger partial charge in [0.05, 0.1) is 12.3 Å². The van der Waals surface area contributed by atoms with Crippen molar-refractivity contribution in [2.45, 2.75) is 31.3 Å². The molecular formula is C20H25BrN6O. The molecule has 28 heavy (non-hydrogen) atoms. The molecule has 2 saturated heterocycles. The van der Waals surface area contributed by atoms with Crippen LogP contribution >= 0.6 is 15.9 Å². The summed E-state index contributed by atoms with van der Waals surface area (Å²) in [5.74, 6) is 2.16. The average Bonchev–Trinajstić information content (AvgIpc) is 3.31. The maximum absolute atomic E-state index is 7.80. The van der Waals surface area contributed by atoms with Crippen LogP contribution in [0.5, 0.6) is 5.75 Å². The number of hydrogen-bond donors (Lipinski definition) is 0. The van der Waals surface area contributed by atoms with Gasteiger partial charge < -0.3 is 19.1 Å². The zero-order chi connectivity index (χ0) is 19.7.